The first kappa shape index (κ1) is 24.0. The van der Waals surface area contributed by atoms with Crippen molar-refractivity contribution in [1.82, 2.24) is 0 Å². The zero-order chi connectivity index (χ0) is 23.8. The fourth-order valence-corrected chi connectivity index (χ4v) is 3.48. The Morgan fingerprint density at radius 1 is 0.879 bits per heavy atom. The molecule has 174 valence electrons. The molecular weight excluding hydrogens is 418 g/mol. The van der Waals surface area contributed by atoms with Gasteiger partial charge in [0.2, 0.25) is 0 Å². The predicted octanol–water partition coefficient (Wildman–Crippen LogP) is 6.06. The van der Waals surface area contributed by atoms with Gasteiger partial charge < -0.3 is 24.3 Å². The molecule has 6 heteroatoms. The number of amides is 1. The molecule has 0 aromatic heterocycles. The molecule has 0 aliphatic heterocycles. The summed E-state index contributed by atoms with van der Waals surface area (Å²) >= 11 is 0. The third-order valence-corrected chi connectivity index (χ3v) is 5.20. The summed E-state index contributed by atoms with van der Waals surface area (Å²) in [6.07, 6.45) is 0. The number of para-hydroxylation sites is 1. The summed E-state index contributed by atoms with van der Waals surface area (Å²) in [4.78, 5) is 13.0. The molecule has 3 rings (SSSR count). The lowest BCUT2D eigenvalue weighted by Gasteiger charge is -2.17. The third-order valence-electron chi connectivity index (χ3n) is 5.20. The van der Waals surface area contributed by atoms with Crippen LogP contribution in [-0.4, -0.2) is 26.7 Å². The average molecular weight is 450 g/mol. The van der Waals surface area contributed by atoms with Crippen molar-refractivity contribution in [3.05, 3.63) is 77.4 Å². The van der Waals surface area contributed by atoms with Gasteiger partial charge in [0.1, 0.15) is 29.6 Å². The van der Waals surface area contributed by atoms with Gasteiger partial charge in [0, 0.05) is 17.2 Å². The van der Waals surface area contributed by atoms with E-state index in [2.05, 4.69) is 25.2 Å². The summed E-state index contributed by atoms with van der Waals surface area (Å²) in [5.41, 5.74) is 2.94. The van der Waals surface area contributed by atoms with Gasteiger partial charge in [0.05, 0.1) is 26.5 Å². The van der Waals surface area contributed by atoms with Crippen molar-refractivity contribution in [2.75, 3.05) is 26.1 Å². The van der Waals surface area contributed by atoms with E-state index in [-0.39, 0.29) is 12.5 Å². The van der Waals surface area contributed by atoms with Gasteiger partial charge in [-0.3, -0.25) is 4.79 Å². The van der Waals surface area contributed by atoms with E-state index in [4.69, 9.17) is 18.9 Å². The Labute approximate surface area is 195 Å². The lowest BCUT2D eigenvalue weighted by Crippen LogP contribution is -2.14. The molecule has 0 fully saturated rings. The molecule has 3 aromatic carbocycles. The average Bonchev–Trinajstić information content (AvgIpc) is 2.83. The largest absolute Gasteiger partial charge is 0.497 e. The number of methoxy groups -OCH3 is 2. The van der Waals surface area contributed by atoms with E-state index < -0.39 is 0 Å². The van der Waals surface area contributed by atoms with E-state index in [9.17, 15) is 4.79 Å². The van der Waals surface area contributed by atoms with Crippen molar-refractivity contribution in [3.63, 3.8) is 0 Å². The molecule has 0 bridgehead atoms. The highest BCUT2D eigenvalue weighted by Gasteiger charge is 2.15. The van der Waals surface area contributed by atoms with E-state index in [1.165, 1.54) is 0 Å². The molecule has 0 aliphatic carbocycles. The second-order valence-corrected chi connectivity index (χ2v) is 7.76. The first-order valence-electron chi connectivity index (χ1n) is 11.0. The standard InChI is InChI=1S/C27H31NO5/c1-6-32-24-13-11-19(27(29)28-23-16-21(30-4)12-14-26(23)31-5)15-20(24)17-33-25-10-8-7-9-22(25)18(2)3/h7-16,18H,6,17H2,1-5H3,(H,28,29). The first-order chi connectivity index (χ1) is 16.0. The van der Waals surface area contributed by atoms with Crippen molar-refractivity contribution in [3.8, 4) is 23.0 Å². The second-order valence-electron chi connectivity index (χ2n) is 7.76. The number of carbonyl (C=O) groups is 1. The maximum atomic E-state index is 13.0. The van der Waals surface area contributed by atoms with Crippen molar-refractivity contribution < 1.29 is 23.7 Å². The van der Waals surface area contributed by atoms with E-state index >= 15 is 0 Å². The van der Waals surface area contributed by atoms with Crippen LogP contribution in [0.3, 0.4) is 0 Å². The van der Waals surface area contributed by atoms with Crippen LogP contribution in [0.4, 0.5) is 5.69 Å². The maximum absolute atomic E-state index is 13.0. The summed E-state index contributed by atoms with van der Waals surface area (Å²) < 4.78 is 22.5. The Morgan fingerprint density at radius 2 is 1.64 bits per heavy atom. The molecule has 0 unspecified atom stereocenters. The monoisotopic (exact) mass is 449 g/mol. The molecule has 1 N–H and O–H groups in total. The predicted molar refractivity (Wildman–Crippen MR) is 130 cm³/mol. The number of nitrogens with one attached hydrogen (secondary N) is 1. The second kappa shape index (κ2) is 11.3. The molecule has 0 radical (unpaired) electrons. The van der Waals surface area contributed by atoms with Crippen LogP contribution in [0.25, 0.3) is 0 Å². The van der Waals surface area contributed by atoms with Gasteiger partial charge >= 0.3 is 0 Å². The van der Waals surface area contributed by atoms with Crippen LogP contribution in [-0.2, 0) is 6.61 Å². The van der Waals surface area contributed by atoms with E-state index in [1.54, 1.807) is 50.6 Å². The van der Waals surface area contributed by atoms with Crippen LogP contribution in [0.15, 0.2) is 60.7 Å². The number of hydrogen-bond donors (Lipinski definition) is 1. The van der Waals surface area contributed by atoms with Crippen molar-refractivity contribution >= 4 is 11.6 Å². The van der Waals surface area contributed by atoms with Gasteiger partial charge in [-0.1, -0.05) is 32.0 Å². The topological polar surface area (TPSA) is 66.0 Å². The number of hydrogen-bond acceptors (Lipinski definition) is 5. The van der Waals surface area contributed by atoms with Gasteiger partial charge in [-0.25, -0.2) is 0 Å². The maximum Gasteiger partial charge on any atom is 0.255 e. The molecule has 0 heterocycles. The molecule has 0 aliphatic rings. The first-order valence-corrected chi connectivity index (χ1v) is 11.0. The molecule has 33 heavy (non-hydrogen) atoms. The highest BCUT2D eigenvalue weighted by Crippen LogP contribution is 2.31. The van der Waals surface area contributed by atoms with Crippen LogP contribution in [0, 0.1) is 0 Å². The summed E-state index contributed by atoms with van der Waals surface area (Å²) in [7, 11) is 3.13. The lowest BCUT2D eigenvalue weighted by atomic mass is 10.0. The Balaban J connectivity index is 1.85. The van der Waals surface area contributed by atoms with Gasteiger partial charge in [0.25, 0.3) is 5.91 Å². The Morgan fingerprint density at radius 3 is 2.33 bits per heavy atom. The number of anilines is 1. The van der Waals surface area contributed by atoms with Crippen molar-refractivity contribution in [2.24, 2.45) is 0 Å². The summed E-state index contributed by atoms with van der Waals surface area (Å²) in [5, 5.41) is 2.90. The molecule has 0 saturated heterocycles. The third kappa shape index (κ3) is 5.98. The fraction of sp³-hybridized carbons (Fsp3) is 0.296. The highest BCUT2D eigenvalue weighted by atomic mass is 16.5. The number of ether oxygens (including phenoxy) is 4. The normalized spacial score (nSPS) is 10.6. The van der Waals surface area contributed by atoms with E-state index in [0.717, 1.165) is 16.9 Å². The van der Waals surface area contributed by atoms with Crippen molar-refractivity contribution in [2.45, 2.75) is 33.3 Å². The molecule has 0 atom stereocenters. The van der Waals surface area contributed by atoms with Gasteiger partial charge in [0.15, 0.2) is 0 Å². The highest BCUT2D eigenvalue weighted by molar-refractivity contribution is 6.05. The van der Waals surface area contributed by atoms with E-state index in [0.29, 0.717) is 41.0 Å². The molecule has 0 saturated carbocycles. The fourth-order valence-electron chi connectivity index (χ4n) is 3.48. The molecule has 6 nitrogen and oxygen atoms in total. The Bertz CT molecular complexity index is 1090. The molecule has 3 aromatic rings. The molecule has 0 spiro atoms. The smallest absolute Gasteiger partial charge is 0.255 e. The van der Waals surface area contributed by atoms with Crippen LogP contribution in [0.5, 0.6) is 23.0 Å². The Kier molecular flexibility index (Phi) is 8.19. The zero-order valence-electron chi connectivity index (χ0n) is 19.8. The number of rotatable bonds is 10. The molecular formula is C27H31NO5. The summed E-state index contributed by atoms with van der Waals surface area (Å²) in [5.74, 6) is 2.75. The number of benzene rings is 3. The van der Waals surface area contributed by atoms with Gasteiger partial charge in [-0.15, -0.1) is 0 Å². The van der Waals surface area contributed by atoms with Crippen molar-refractivity contribution in [1.29, 1.82) is 0 Å². The number of carbonyl (C=O) groups excluding carboxylic acids is 1. The van der Waals surface area contributed by atoms with Gasteiger partial charge in [-0.2, -0.15) is 0 Å². The minimum atomic E-state index is -0.270. The minimum Gasteiger partial charge on any atom is -0.497 e. The van der Waals surface area contributed by atoms with Crippen LogP contribution in [0.2, 0.25) is 0 Å². The Hall–Kier alpha value is -3.67. The quantitative estimate of drug-likeness (QED) is 0.408. The molecule has 1 amide bonds. The lowest BCUT2D eigenvalue weighted by molar-refractivity contribution is 0.102. The summed E-state index contributed by atoms with van der Waals surface area (Å²) in [6.45, 7) is 6.98. The van der Waals surface area contributed by atoms with E-state index in [1.807, 2.05) is 25.1 Å². The zero-order valence-corrected chi connectivity index (χ0v) is 19.8. The SMILES string of the molecule is CCOc1ccc(C(=O)Nc2cc(OC)ccc2OC)cc1COc1ccccc1C(C)C. The summed E-state index contributed by atoms with van der Waals surface area (Å²) in [6, 6.07) is 18.6. The van der Waals surface area contributed by atoms with Crippen LogP contribution < -0.4 is 24.3 Å². The van der Waals surface area contributed by atoms with Crippen LogP contribution in [0.1, 0.15) is 48.2 Å². The van der Waals surface area contributed by atoms with Crippen LogP contribution >= 0.6 is 0 Å². The minimum absolute atomic E-state index is 0.270. The van der Waals surface area contributed by atoms with Gasteiger partial charge in [-0.05, 0) is 54.8 Å².